The van der Waals surface area contributed by atoms with E-state index in [2.05, 4.69) is 4.98 Å². The number of ether oxygens (including phenoxy) is 2. The van der Waals surface area contributed by atoms with Crippen LogP contribution in [0.4, 0.5) is 0 Å². The number of hydrogen-bond donors (Lipinski definition) is 1. The maximum Gasteiger partial charge on any atom is 0.213 e. The number of aromatic nitrogens is 1. The van der Waals surface area contributed by atoms with Crippen molar-refractivity contribution in [3.8, 4) is 11.6 Å². The summed E-state index contributed by atoms with van der Waals surface area (Å²) in [5.41, 5.74) is 7.45. The van der Waals surface area contributed by atoms with Gasteiger partial charge in [0.05, 0.1) is 12.8 Å². The number of benzene rings is 1. The van der Waals surface area contributed by atoms with Crippen molar-refractivity contribution in [2.75, 3.05) is 7.11 Å². The SMILES string of the molecule is COc1ccc(OCc2ccccc2)c(CN)n1. The second kappa shape index (κ2) is 6.02. The summed E-state index contributed by atoms with van der Waals surface area (Å²) < 4.78 is 10.8. The van der Waals surface area contributed by atoms with Gasteiger partial charge < -0.3 is 15.2 Å². The predicted octanol–water partition coefficient (Wildman–Crippen LogP) is 2.13. The third kappa shape index (κ3) is 2.99. The number of rotatable bonds is 5. The van der Waals surface area contributed by atoms with Crippen molar-refractivity contribution >= 4 is 0 Å². The Balaban J connectivity index is 2.09. The molecule has 1 heterocycles. The lowest BCUT2D eigenvalue weighted by atomic mass is 10.2. The van der Waals surface area contributed by atoms with Gasteiger partial charge in [0.15, 0.2) is 0 Å². The average Bonchev–Trinajstić information content (AvgIpc) is 2.46. The highest BCUT2D eigenvalue weighted by Crippen LogP contribution is 2.20. The number of nitrogens with two attached hydrogens (primary N) is 1. The van der Waals surface area contributed by atoms with E-state index in [1.807, 2.05) is 36.4 Å². The minimum atomic E-state index is 0.321. The van der Waals surface area contributed by atoms with Gasteiger partial charge in [-0.3, -0.25) is 0 Å². The molecule has 0 atom stereocenters. The monoisotopic (exact) mass is 244 g/mol. The van der Waals surface area contributed by atoms with Crippen LogP contribution in [0.1, 0.15) is 11.3 Å². The lowest BCUT2D eigenvalue weighted by Crippen LogP contribution is -2.05. The molecule has 2 N–H and O–H groups in total. The van der Waals surface area contributed by atoms with E-state index in [4.69, 9.17) is 15.2 Å². The zero-order valence-corrected chi connectivity index (χ0v) is 10.3. The Bertz CT molecular complexity index is 500. The van der Waals surface area contributed by atoms with Crippen LogP contribution in [0, 0.1) is 0 Å². The average molecular weight is 244 g/mol. The summed E-state index contributed by atoms with van der Waals surface area (Å²) in [5.74, 6) is 1.24. The molecule has 0 fully saturated rings. The van der Waals surface area contributed by atoms with Crippen LogP contribution in [-0.4, -0.2) is 12.1 Å². The van der Waals surface area contributed by atoms with Crippen LogP contribution >= 0.6 is 0 Å². The quantitative estimate of drug-likeness (QED) is 0.875. The van der Waals surface area contributed by atoms with Crippen LogP contribution in [0.15, 0.2) is 42.5 Å². The van der Waals surface area contributed by atoms with Crippen LogP contribution in [-0.2, 0) is 13.2 Å². The molecule has 0 aliphatic carbocycles. The van der Waals surface area contributed by atoms with Gasteiger partial charge in [-0.2, -0.15) is 0 Å². The minimum Gasteiger partial charge on any atom is -0.487 e. The van der Waals surface area contributed by atoms with Crippen LogP contribution in [0.5, 0.6) is 11.6 Å². The van der Waals surface area contributed by atoms with Gasteiger partial charge in [-0.25, -0.2) is 4.98 Å². The summed E-state index contributed by atoms with van der Waals surface area (Å²) in [4.78, 5) is 4.25. The maximum atomic E-state index is 5.72. The van der Waals surface area contributed by atoms with Crippen LogP contribution in [0.3, 0.4) is 0 Å². The molecule has 4 heteroatoms. The Kier molecular flexibility index (Phi) is 4.15. The normalized spacial score (nSPS) is 10.1. The van der Waals surface area contributed by atoms with Crippen molar-refractivity contribution in [2.45, 2.75) is 13.2 Å². The molecule has 0 aliphatic rings. The smallest absolute Gasteiger partial charge is 0.213 e. The van der Waals surface area contributed by atoms with Gasteiger partial charge in [0.25, 0.3) is 0 Å². The lowest BCUT2D eigenvalue weighted by Gasteiger charge is -2.10. The fourth-order valence-corrected chi connectivity index (χ4v) is 1.60. The van der Waals surface area contributed by atoms with Crippen molar-refractivity contribution in [2.24, 2.45) is 5.73 Å². The third-order valence-corrected chi connectivity index (χ3v) is 2.55. The predicted molar refractivity (Wildman–Crippen MR) is 69.5 cm³/mol. The molecule has 2 aromatic rings. The molecule has 94 valence electrons. The fourth-order valence-electron chi connectivity index (χ4n) is 1.60. The Labute approximate surface area is 106 Å². The lowest BCUT2D eigenvalue weighted by molar-refractivity contribution is 0.299. The van der Waals surface area contributed by atoms with E-state index in [9.17, 15) is 0 Å². The number of pyridine rings is 1. The Morgan fingerprint density at radius 2 is 1.89 bits per heavy atom. The summed E-state index contributed by atoms with van der Waals surface area (Å²) in [5, 5.41) is 0. The second-order valence-corrected chi connectivity index (χ2v) is 3.78. The molecule has 0 unspecified atom stereocenters. The van der Waals surface area contributed by atoms with E-state index in [0.29, 0.717) is 30.5 Å². The molecule has 1 aromatic carbocycles. The third-order valence-electron chi connectivity index (χ3n) is 2.55. The highest BCUT2D eigenvalue weighted by atomic mass is 16.5. The van der Waals surface area contributed by atoms with Crippen molar-refractivity contribution < 1.29 is 9.47 Å². The highest BCUT2D eigenvalue weighted by Gasteiger charge is 2.06. The number of methoxy groups -OCH3 is 1. The fraction of sp³-hybridized carbons (Fsp3) is 0.214. The summed E-state index contributed by atoms with van der Waals surface area (Å²) in [6.07, 6.45) is 0. The molecule has 0 saturated heterocycles. The van der Waals surface area contributed by atoms with E-state index in [1.165, 1.54) is 0 Å². The summed E-state index contributed by atoms with van der Waals surface area (Å²) >= 11 is 0. The van der Waals surface area contributed by atoms with Crippen LogP contribution in [0.2, 0.25) is 0 Å². The molecule has 0 bridgehead atoms. The molecule has 18 heavy (non-hydrogen) atoms. The standard InChI is InChI=1S/C14H16N2O2/c1-17-14-8-7-13(12(9-15)16-14)18-10-11-5-3-2-4-6-11/h2-8H,9-10,15H2,1H3. The van der Waals surface area contributed by atoms with Gasteiger partial charge in [-0.15, -0.1) is 0 Å². The molecule has 0 amide bonds. The zero-order chi connectivity index (χ0) is 12.8. The summed E-state index contributed by atoms with van der Waals surface area (Å²) in [7, 11) is 1.58. The van der Waals surface area contributed by atoms with Gasteiger partial charge >= 0.3 is 0 Å². The molecular formula is C14H16N2O2. The molecule has 0 radical (unpaired) electrons. The van der Waals surface area contributed by atoms with Gasteiger partial charge in [0.1, 0.15) is 12.4 Å². The molecule has 1 aromatic heterocycles. The van der Waals surface area contributed by atoms with Crippen LogP contribution in [0.25, 0.3) is 0 Å². The molecule has 0 aliphatic heterocycles. The van der Waals surface area contributed by atoms with Gasteiger partial charge in [-0.1, -0.05) is 30.3 Å². The molecule has 0 saturated carbocycles. The van der Waals surface area contributed by atoms with E-state index >= 15 is 0 Å². The van der Waals surface area contributed by atoms with E-state index in [1.54, 1.807) is 13.2 Å². The maximum absolute atomic E-state index is 5.72. The Hall–Kier alpha value is -2.07. The Morgan fingerprint density at radius 1 is 1.11 bits per heavy atom. The summed E-state index contributed by atoms with van der Waals surface area (Å²) in [6, 6.07) is 13.6. The van der Waals surface area contributed by atoms with Crippen LogP contribution < -0.4 is 15.2 Å². The largest absolute Gasteiger partial charge is 0.487 e. The number of nitrogens with zero attached hydrogens (tertiary/aromatic N) is 1. The highest BCUT2D eigenvalue weighted by molar-refractivity contribution is 5.32. The minimum absolute atomic E-state index is 0.321. The Morgan fingerprint density at radius 3 is 2.56 bits per heavy atom. The van der Waals surface area contributed by atoms with E-state index in [-0.39, 0.29) is 0 Å². The van der Waals surface area contributed by atoms with Gasteiger partial charge in [0, 0.05) is 12.6 Å². The first-order valence-electron chi connectivity index (χ1n) is 5.74. The van der Waals surface area contributed by atoms with Crippen molar-refractivity contribution in [1.29, 1.82) is 0 Å². The van der Waals surface area contributed by atoms with Gasteiger partial charge in [-0.05, 0) is 11.6 Å². The second-order valence-electron chi connectivity index (χ2n) is 3.78. The van der Waals surface area contributed by atoms with Crippen molar-refractivity contribution in [3.63, 3.8) is 0 Å². The van der Waals surface area contributed by atoms with E-state index < -0.39 is 0 Å². The molecule has 2 rings (SSSR count). The topological polar surface area (TPSA) is 57.4 Å². The first-order valence-corrected chi connectivity index (χ1v) is 5.74. The molecule has 0 spiro atoms. The first-order chi connectivity index (χ1) is 8.83. The summed E-state index contributed by atoms with van der Waals surface area (Å²) in [6.45, 7) is 0.823. The zero-order valence-electron chi connectivity index (χ0n) is 10.3. The van der Waals surface area contributed by atoms with Crippen molar-refractivity contribution in [3.05, 3.63) is 53.7 Å². The van der Waals surface area contributed by atoms with Gasteiger partial charge in [0.2, 0.25) is 5.88 Å². The van der Waals surface area contributed by atoms with E-state index in [0.717, 1.165) is 5.56 Å². The van der Waals surface area contributed by atoms with Crippen molar-refractivity contribution in [1.82, 2.24) is 4.98 Å². The molecular weight excluding hydrogens is 228 g/mol. The molecule has 4 nitrogen and oxygen atoms in total. The number of hydrogen-bond acceptors (Lipinski definition) is 4. The first kappa shape index (κ1) is 12.4.